The fourth-order valence-electron chi connectivity index (χ4n) is 0.383. The molecule has 0 aromatic rings. The molecule has 0 radical (unpaired) electrons. The van der Waals surface area contributed by atoms with Crippen LogP contribution in [0.4, 0.5) is 51.8 Å². The summed E-state index contributed by atoms with van der Waals surface area (Å²) in [6.07, 6.45) is 0. The lowest BCUT2D eigenvalue weighted by molar-refractivity contribution is -0.152. The highest BCUT2D eigenvalue weighted by Crippen LogP contribution is 2.07. The number of rotatable bonds is 1. The van der Waals surface area contributed by atoms with Crippen LogP contribution in [-0.2, 0) is 9.53 Å². The highest BCUT2D eigenvalue weighted by Gasteiger charge is 2.21. The summed E-state index contributed by atoms with van der Waals surface area (Å²) in [6, 6.07) is 0. The van der Waals surface area contributed by atoms with Crippen LogP contribution in [0.1, 0.15) is 20.8 Å². The Bertz CT molecular complexity index is 276. The number of hydrogen-bond acceptors (Lipinski definition) is 3. The third-order valence-electron chi connectivity index (χ3n) is 0.587. The van der Waals surface area contributed by atoms with Gasteiger partial charge in [-0.25, -0.2) is 0 Å². The minimum Gasteiger partial charge on any atom is -0.459 e. The average Bonchev–Trinajstić information content (AvgIpc) is 2.05. The number of nitrogens with two attached hydrogens (primary N) is 1. The molecule has 0 rings (SSSR count). The molecule has 150 valence electrons. The molecular formula is C6H13B3F12NO2-3. The van der Waals surface area contributed by atoms with Gasteiger partial charge in [0.1, 0.15) is 5.60 Å². The van der Waals surface area contributed by atoms with E-state index in [1.165, 1.54) is 0 Å². The van der Waals surface area contributed by atoms with Crippen LogP contribution < -0.4 is 5.73 Å². The van der Waals surface area contributed by atoms with E-state index in [9.17, 15) is 56.6 Å². The van der Waals surface area contributed by atoms with E-state index in [1.54, 1.807) is 20.8 Å². The number of hydrogen-bond donors (Lipinski definition) is 1. The first-order chi connectivity index (χ1) is 9.95. The fraction of sp³-hybridized carbons (Fsp3) is 0.833. The maximum absolute atomic E-state index is 10.5. The van der Waals surface area contributed by atoms with Gasteiger partial charge in [0.2, 0.25) is 0 Å². The molecule has 0 bridgehead atoms. The lowest BCUT2D eigenvalue weighted by Gasteiger charge is -2.18. The third kappa shape index (κ3) is 243. The Balaban J connectivity index is -0.000000116. The molecule has 0 aromatic carbocycles. The summed E-state index contributed by atoms with van der Waals surface area (Å²) in [5.74, 6) is -0.359. The van der Waals surface area contributed by atoms with E-state index < -0.39 is 27.4 Å². The first kappa shape index (κ1) is 30.6. The van der Waals surface area contributed by atoms with Crippen molar-refractivity contribution in [1.29, 1.82) is 0 Å². The Morgan fingerprint density at radius 3 is 0.958 bits per heavy atom. The van der Waals surface area contributed by atoms with Gasteiger partial charge in [0.25, 0.3) is 0 Å². The van der Waals surface area contributed by atoms with E-state index in [1.807, 2.05) is 0 Å². The molecule has 2 N–H and O–H groups in total. The molecular weight excluding hydrogens is 378 g/mol. The number of halogens is 12. The normalized spacial score (nSPS) is 11.7. The highest BCUT2D eigenvalue weighted by molar-refractivity contribution is 6.50. The Labute approximate surface area is 129 Å². The van der Waals surface area contributed by atoms with Crippen LogP contribution in [0.3, 0.4) is 0 Å². The van der Waals surface area contributed by atoms with Crippen molar-refractivity contribution in [2.24, 2.45) is 5.73 Å². The molecule has 0 saturated heterocycles. The largest absolute Gasteiger partial charge is 0.673 e. The predicted octanol–water partition coefficient (Wildman–Crippen LogP) is 4.19. The van der Waals surface area contributed by atoms with Crippen LogP contribution in [0, 0.1) is 0 Å². The molecule has 3 nitrogen and oxygen atoms in total. The van der Waals surface area contributed by atoms with Crippen LogP contribution >= 0.6 is 0 Å². The zero-order chi connectivity index (χ0) is 21.0. The zero-order valence-corrected chi connectivity index (χ0v) is 12.4. The van der Waals surface area contributed by atoms with Crippen molar-refractivity contribution < 1.29 is 61.3 Å². The second kappa shape index (κ2) is 12.2. The van der Waals surface area contributed by atoms with Gasteiger partial charge >= 0.3 is 27.7 Å². The maximum atomic E-state index is 10.5. The number of esters is 1. The lowest BCUT2D eigenvalue weighted by Crippen LogP contribution is -2.28. The van der Waals surface area contributed by atoms with Gasteiger partial charge in [-0.2, -0.15) is 0 Å². The first-order valence-corrected chi connectivity index (χ1v) is 5.49. The Morgan fingerprint density at radius 2 is 0.917 bits per heavy atom. The Kier molecular flexibility index (Phi) is 15.6. The fourth-order valence-corrected chi connectivity index (χ4v) is 0.383. The van der Waals surface area contributed by atoms with Gasteiger partial charge in [-0.15, -0.1) is 0 Å². The highest BCUT2D eigenvalue weighted by atomic mass is 19.5. The second-order valence-electron chi connectivity index (χ2n) is 4.28. The van der Waals surface area contributed by atoms with E-state index in [4.69, 9.17) is 10.5 Å². The van der Waals surface area contributed by atoms with Crippen molar-refractivity contribution >= 4 is 27.7 Å². The molecule has 18 heteroatoms. The van der Waals surface area contributed by atoms with Gasteiger partial charge in [0.05, 0.1) is 6.54 Å². The van der Waals surface area contributed by atoms with Crippen LogP contribution in [0.15, 0.2) is 0 Å². The molecule has 0 heterocycles. The van der Waals surface area contributed by atoms with Crippen LogP contribution in [0.25, 0.3) is 0 Å². The van der Waals surface area contributed by atoms with E-state index in [0.717, 1.165) is 0 Å². The molecule has 0 aliphatic carbocycles. The van der Waals surface area contributed by atoms with Gasteiger partial charge < -0.3 is 62.3 Å². The number of carbonyl (C=O) groups excluding carboxylic acids is 1. The standard InChI is InChI=1S/C6H13NO2.3BF4/c1-6(2,3)9-5(8)4-7;3*2-1(3,4)5/h4,7H2,1-3H3;;;/q;3*-1. The van der Waals surface area contributed by atoms with Crippen molar-refractivity contribution in [1.82, 2.24) is 0 Å². The first-order valence-electron chi connectivity index (χ1n) is 5.49. The van der Waals surface area contributed by atoms with Crippen molar-refractivity contribution in [3.63, 3.8) is 0 Å². The minimum atomic E-state index is -6.00. The smallest absolute Gasteiger partial charge is 0.459 e. The molecule has 0 unspecified atom stereocenters. The van der Waals surface area contributed by atoms with Gasteiger partial charge in [-0.1, -0.05) is 0 Å². The Hall–Kier alpha value is -1.22. The molecule has 0 aliphatic heterocycles. The van der Waals surface area contributed by atoms with Crippen molar-refractivity contribution in [2.75, 3.05) is 6.54 Å². The minimum absolute atomic E-state index is 0.0444. The van der Waals surface area contributed by atoms with E-state index in [2.05, 4.69) is 0 Å². The van der Waals surface area contributed by atoms with Crippen LogP contribution in [-0.4, -0.2) is 39.9 Å². The molecule has 0 aromatic heterocycles. The molecule has 0 saturated carbocycles. The summed E-state index contributed by atoms with van der Waals surface area (Å²) in [5, 5.41) is 0. The van der Waals surface area contributed by atoms with E-state index >= 15 is 0 Å². The predicted molar refractivity (Wildman–Crippen MR) is 65.5 cm³/mol. The third-order valence-corrected chi connectivity index (χ3v) is 0.587. The topological polar surface area (TPSA) is 52.3 Å². The van der Waals surface area contributed by atoms with Crippen LogP contribution in [0.2, 0.25) is 0 Å². The summed E-state index contributed by atoms with van der Waals surface area (Å²) in [6.45, 7) is 5.37. The van der Waals surface area contributed by atoms with Crippen molar-refractivity contribution in [3.8, 4) is 0 Å². The summed E-state index contributed by atoms with van der Waals surface area (Å²) < 4.78 is 122. The van der Waals surface area contributed by atoms with Gasteiger partial charge in [-0.05, 0) is 20.8 Å². The Morgan fingerprint density at radius 1 is 0.750 bits per heavy atom. The SMILES string of the molecule is CC(C)(C)OC(=O)CN.F[B-](F)(F)F.F[B-](F)(F)F.F[B-](F)(F)F. The molecule has 0 atom stereocenters. The monoisotopic (exact) mass is 392 g/mol. The molecule has 0 fully saturated rings. The van der Waals surface area contributed by atoms with Gasteiger partial charge in [-0.3, -0.25) is 4.79 Å². The maximum Gasteiger partial charge on any atom is 0.673 e. The number of carbonyl (C=O) groups is 1. The molecule has 0 amide bonds. The summed E-state index contributed by atoms with van der Waals surface area (Å²) >= 11 is 0. The molecule has 24 heavy (non-hydrogen) atoms. The summed E-state index contributed by atoms with van der Waals surface area (Å²) in [4.78, 5) is 10.5. The van der Waals surface area contributed by atoms with Crippen molar-refractivity contribution in [2.45, 2.75) is 26.4 Å². The van der Waals surface area contributed by atoms with Gasteiger partial charge in [0.15, 0.2) is 0 Å². The molecule has 0 aliphatic rings. The second-order valence-corrected chi connectivity index (χ2v) is 4.28. The summed E-state index contributed by atoms with van der Waals surface area (Å²) in [7, 11) is -18.0. The van der Waals surface area contributed by atoms with E-state index in [0.29, 0.717) is 0 Å². The van der Waals surface area contributed by atoms with Gasteiger partial charge in [0, 0.05) is 0 Å². The van der Waals surface area contributed by atoms with Crippen LogP contribution in [0.5, 0.6) is 0 Å². The number of ether oxygens (including phenoxy) is 1. The lowest BCUT2D eigenvalue weighted by atomic mass is 10.2. The molecule has 0 spiro atoms. The average molecular weight is 392 g/mol. The van der Waals surface area contributed by atoms with Crippen molar-refractivity contribution in [3.05, 3.63) is 0 Å². The zero-order valence-electron chi connectivity index (χ0n) is 12.4. The quantitative estimate of drug-likeness (QED) is 0.414. The summed E-state index contributed by atoms with van der Waals surface area (Å²) in [5.41, 5.74) is 4.60. The van der Waals surface area contributed by atoms with E-state index in [-0.39, 0.29) is 12.5 Å².